The van der Waals surface area contributed by atoms with Crippen LogP contribution in [0.2, 0.25) is 0 Å². The van der Waals surface area contributed by atoms with E-state index in [1.165, 1.54) is 12.1 Å². The lowest BCUT2D eigenvalue weighted by Crippen LogP contribution is -2.35. The highest BCUT2D eigenvalue weighted by molar-refractivity contribution is 7.93. The number of fused-ring (bicyclic) bond motifs is 1. The molecule has 0 atom stereocenters. The van der Waals surface area contributed by atoms with E-state index in [2.05, 4.69) is 4.72 Å². The summed E-state index contributed by atoms with van der Waals surface area (Å²) in [5.74, 6) is -0.00108. The molecule has 0 spiro atoms. The quantitative estimate of drug-likeness (QED) is 0.621. The van der Waals surface area contributed by atoms with Gasteiger partial charge in [0.15, 0.2) is 11.3 Å². The Kier molecular flexibility index (Phi) is 5.70. The van der Waals surface area contributed by atoms with Gasteiger partial charge < -0.3 is 9.32 Å². The topological polar surface area (TPSA) is 103 Å². The number of carbonyl (C=O) groups excluding carboxylic acids is 1. The van der Waals surface area contributed by atoms with Crippen molar-refractivity contribution < 1.29 is 17.6 Å². The van der Waals surface area contributed by atoms with E-state index >= 15 is 0 Å². The molecular weight excluding hydrogens is 426 g/mol. The summed E-state index contributed by atoms with van der Waals surface area (Å²) >= 11 is 0. The number of furan rings is 1. The molecule has 0 bridgehead atoms. The number of likely N-dealkylation sites (tertiary alicyclic amines) is 1. The van der Waals surface area contributed by atoms with Crippen LogP contribution in [0.25, 0.3) is 11.0 Å². The van der Waals surface area contributed by atoms with Gasteiger partial charge in [-0.2, -0.15) is 5.26 Å². The smallest absolute Gasteiger partial charge is 0.289 e. The number of carbonyl (C=O) groups is 1. The van der Waals surface area contributed by atoms with Crippen molar-refractivity contribution in [2.45, 2.75) is 44.9 Å². The van der Waals surface area contributed by atoms with Crippen molar-refractivity contribution in [1.82, 2.24) is 4.90 Å². The summed E-state index contributed by atoms with van der Waals surface area (Å²) in [6.07, 6.45) is 3.01. The van der Waals surface area contributed by atoms with E-state index in [1.54, 1.807) is 30.9 Å². The SMILES string of the molecule is Cc1cc2c(C)c(C(=O)N3CCCCC3)oc2c(S(=O)(=O)Nc2ccc(C#N)cc2)c1C. The highest BCUT2D eigenvalue weighted by Crippen LogP contribution is 2.36. The second-order valence-electron chi connectivity index (χ2n) is 8.23. The van der Waals surface area contributed by atoms with Crippen LogP contribution in [0.1, 0.15) is 52.1 Å². The number of hydrogen-bond donors (Lipinski definition) is 1. The molecule has 166 valence electrons. The molecule has 32 heavy (non-hydrogen) atoms. The third-order valence-electron chi connectivity index (χ3n) is 6.06. The number of nitrogens with one attached hydrogen (secondary N) is 1. The molecule has 8 heteroatoms. The first kappa shape index (κ1) is 21.9. The maximum absolute atomic E-state index is 13.4. The molecular formula is C24H25N3O4S. The maximum atomic E-state index is 13.4. The summed E-state index contributed by atoms with van der Waals surface area (Å²) in [5.41, 5.74) is 2.96. The fourth-order valence-electron chi connectivity index (χ4n) is 4.13. The van der Waals surface area contributed by atoms with Gasteiger partial charge >= 0.3 is 0 Å². The Balaban J connectivity index is 1.82. The summed E-state index contributed by atoms with van der Waals surface area (Å²) in [6, 6.07) is 10.0. The Morgan fingerprint density at radius 3 is 2.34 bits per heavy atom. The van der Waals surface area contributed by atoms with Crippen molar-refractivity contribution in [2.24, 2.45) is 0 Å². The van der Waals surface area contributed by atoms with Gasteiger partial charge in [0.1, 0.15) is 4.90 Å². The number of hydrogen-bond acceptors (Lipinski definition) is 5. The zero-order chi connectivity index (χ0) is 23.0. The van der Waals surface area contributed by atoms with E-state index in [1.807, 2.05) is 19.1 Å². The third-order valence-corrected chi connectivity index (χ3v) is 7.60. The first-order valence-corrected chi connectivity index (χ1v) is 12.1. The van der Waals surface area contributed by atoms with E-state index in [0.717, 1.165) is 24.8 Å². The molecule has 0 unspecified atom stereocenters. The summed E-state index contributed by atoms with van der Waals surface area (Å²) in [7, 11) is -4.02. The molecule has 4 rings (SSSR count). The van der Waals surface area contributed by atoms with Gasteiger partial charge in [-0.05, 0) is 81.5 Å². The van der Waals surface area contributed by atoms with Crippen LogP contribution in [0.15, 0.2) is 39.6 Å². The number of sulfonamides is 1. The van der Waals surface area contributed by atoms with Crippen molar-refractivity contribution >= 4 is 32.6 Å². The van der Waals surface area contributed by atoms with Gasteiger partial charge in [-0.3, -0.25) is 9.52 Å². The number of amides is 1. The lowest BCUT2D eigenvalue weighted by atomic mass is 10.0. The van der Waals surface area contributed by atoms with Crippen LogP contribution in [-0.2, 0) is 10.0 Å². The number of anilines is 1. The Morgan fingerprint density at radius 1 is 1.06 bits per heavy atom. The van der Waals surface area contributed by atoms with Gasteiger partial charge in [-0.15, -0.1) is 0 Å². The highest BCUT2D eigenvalue weighted by atomic mass is 32.2. The monoisotopic (exact) mass is 451 g/mol. The van der Waals surface area contributed by atoms with Crippen molar-refractivity contribution in [3.05, 3.63) is 58.3 Å². The van der Waals surface area contributed by atoms with Crippen LogP contribution in [0, 0.1) is 32.1 Å². The molecule has 3 aromatic rings. The van der Waals surface area contributed by atoms with Crippen LogP contribution in [0.3, 0.4) is 0 Å². The number of nitrogens with zero attached hydrogens (tertiary/aromatic N) is 2. The lowest BCUT2D eigenvalue weighted by Gasteiger charge is -2.25. The molecule has 1 amide bonds. The number of piperidine rings is 1. The summed E-state index contributed by atoms with van der Waals surface area (Å²) in [4.78, 5) is 14.9. The van der Waals surface area contributed by atoms with E-state index in [-0.39, 0.29) is 22.1 Å². The molecule has 2 aromatic carbocycles. The normalized spacial score (nSPS) is 14.4. The van der Waals surface area contributed by atoms with E-state index in [9.17, 15) is 13.2 Å². The molecule has 0 saturated carbocycles. The second-order valence-corrected chi connectivity index (χ2v) is 9.85. The maximum Gasteiger partial charge on any atom is 0.289 e. The highest BCUT2D eigenvalue weighted by Gasteiger charge is 2.30. The molecule has 1 N–H and O–H groups in total. The number of aryl methyl sites for hydroxylation is 2. The van der Waals surface area contributed by atoms with E-state index in [0.29, 0.717) is 40.9 Å². The summed E-state index contributed by atoms with van der Waals surface area (Å²) < 4.78 is 35.4. The van der Waals surface area contributed by atoms with Crippen molar-refractivity contribution in [1.29, 1.82) is 5.26 Å². The molecule has 1 aliphatic heterocycles. The summed E-state index contributed by atoms with van der Waals surface area (Å²) in [6.45, 7) is 6.72. The molecule has 1 fully saturated rings. The minimum absolute atomic E-state index is 0.0256. The minimum Gasteiger partial charge on any atom is -0.449 e. The first-order valence-electron chi connectivity index (χ1n) is 10.6. The predicted octanol–water partition coefficient (Wildman–Crippen LogP) is 4.66. The fourth-order valence-corrected chi connectivity index (χ4v) is 5.64. The summed E-state index contributed by atoms with van der Waals surface area (Å²) in [5, 5.41) is 9.58. The van der Waals surface area contributed by atoms with Gasteiger partial charge in [0.25, 0.3) is 15.9 Å². The molecule has 0 radical (unpaired) electrons. The number of rotatable bonds is 4. The number of benzene rings is 2. The Morgan fingerprint density at radius 2 is 1.72 bits per heavy atom. The minimum atomic E-state index is -4.02. The van der Waals surface area contributed by atoms with Crippen LogP contribution >= 0.6 is 0 Å². The van der Waals surface area contributed by atoms with Crippen molar-refractivity contribution in [2.75, 3.05) is 17.8 Å². The van der Waals surface area contributed by atoms with Crippen LogP contribution < -0.4 is 4.72 Å². The van der Waals surface area contributed by atoms with Crippen LogP contribution in [0.5, 0.6) is 0 Å². The average Bonchev–Trinajstić information content (AvgIpc) is 3.10. The molecule has 0 aliphatic carbocycles. The van der Waals surface area contributed by atoms with Crippen molar-refractivity contribution in [3.8, 4) is 6.07 Å². The van der Waals surface area contributed by atoms with Gasteiger partial charge in [0.2, 0.25) is 0 Å². The van der Waals surface area contributed by atoms with Gasteiger partial charge in [-0.25, -0.2) is 8.42 Å². The van der Waals surface area contributed by atoms with Crippen LogP contribution in [0.4, 0.5) is 5.69 Å². The Labute approximate surface area is 187 Å². The first-order chi connectivity index (χ1) is 15.2. The zero-order valence-electron chi connectivity index (χ0n) is 18.4. The van der Waals surface area contributed by atoms with Gasteiger partial charge in [0, 0.05) is 29.7 Å². The predicted molar refractivity (Wildman–Crippen MR) is 122 cm³/mol. The standard InChI is InChI=1S/C24H25N3O4S/c1-15-13-20-17(3)21(24(28)27-11-5-4-6-12-27)31-22(20)23(16(15)2)32(29,30)26-19-9-7-18(14-25)8-10-19/h7-10,13,26H,4-6,11-12H2,1-3H3. The Bertz CT molecular complexity index is 1340. The van der Waals surface area contributed by atoms with Gasteiger partial charge in [0.05, 0.1) is 11.6 Å². The molecule has 2 heterocycles. The molecule has 7 nitrogen and oxygen atoms in total. The Hall–Kier alpha value is -3.31. The fraction of sp³-hybridized carbons (Fsp3) is 0.333. The van der Waals surface area contributed by atoms with Crippen LogP contribution in [-0.4, -0.2) is 32.3 Å². The molecule has 1 aliphatic rings. The average molecular weight is 452 g/mol. The lowest BCUT2D eigenvalue weighted by molar-refractivity contribution is 0.0693. The second kappa shape index (κ2) is 8.32. The van der Waals surface area contributed by atoms with E-state index < -0.39 is 10.0 Å². The molecule has 1 saturated heterocycles. The zero-order valence-corrected chi connectivity index (χ0v) is 19.2. The van der Waals surface area contributed by atoms with Crippen molar-refractivity contribution in [3.63, 3.8) is 0 Å². The number of nitriles is 1. The van der Waals surface area contributed by atoms with Gasteiger partial charge in [-0.1, -0.05) is 0 Å². The van der Waals surface area contributed by atoms with E-state index in [4.69, 9.17) is 9.68 Å². The third kappa shape index (κ3) is 3.84. The molecule has 1 aromatic heterocycles. The largest absolute Gasteiger partial charge is 0.449 e.